The predicted octanol–water partition coefficient (Wildman–Crippen LogP) is 0.761. The van der Waals surface area contributed by atoms with Crippen molar-refractivity contribution >= 4 is 33.5 Å². The Morgan fingerprint density at radius 2 is 2.13 bits per heavy atom. The van der Waals surface area contributed by atoms with E-state index < -0.39 is 17.2 Å². The van der Waals surface area contributed by atoms with E-state index in [9.17, 15) is 14.4 Å². The van der Waals surface area contributed by atoms with E-state index in [0.717, 1.165) is 29.9 Å². The van der Waals surface area contributed by atoms with Crippen LogP contribution in [0.1, 0.15) is 25.5 Å². The Hall–Kier alpha value is -2.79. The Morgan fingerprint density at radius 1 is 1.33 bits per heavy atom. The van der Waals surface area contributed by atoms with E-state index in [1.54, 1.807) is 11.6 Å². The maximum Gasteiger partial charge on any atom is 0.332 e. The monoisotopic (exact) mass is 431 g/mol. The summed E-state index contributed by atoms with van der Waals surface area (Å²) in [7, 11) is 3.20. The van der Waals surface area contributed by atoms with E-state index in [1.807, 2.05) is 5.38 Å². The summed E-state index contributed by atoms with van der Waals surface area (Å²) in [5.74, 6) is 0.220. The summed E-state index contributed by atoms with van der Waals surface area (Å²) in [6.07, 6.45) is 3.92. The second kappa shape index (κ2) is 8.15. The molecule has 1 N–H and O–H groups in total. The number of imidazole rings is 1. The molecule has 3 aromatic heterocycles. The predicted molar refractivity (Wildman–Crippen MR) is 115 cm³/mol. The summed E-state index contributed by atoms with van der Waals surface area (Å²) in [6.45, 7) is 4.75. The van der Waals surface area contributed by atoms with Gasteiger partial charge in [-0.15, -0.1) is 11.3 Å². The van der Waals surface area contributed by atoms with Gasteiger partial charge in [0.05, 0.1) is 12.0 Å². The Morgan fingerprint density at radius 3 is 2.90 bits per heavy atom. The zero-order chi connectivity index (χ0) is 21.4. The number of rotatable bonds is 5. The molecular weight excluding hydrogens is 406 g/mol. The third-order valence-electron chi connectivity index (χ3n) is 5.43. The van der Waals surface area contributed by atoms with E-state index in [2.05, 4.69) is 27.1 Å². The number of aryl methyl sites for hydroxylation is 2. The number of piperidine rings is 1. The van der Waals surface area contributed by atoms with Gasteiger partial charge in [0, 0.05) is 32.6 Å². The third-order valence-corrected chi connectivity index (χ3v) is 6.23. The van der Waals surface area contributed by atoms with Crippen LogP contribution >= 0.6 is 11.3 Å². The highest BCUT2D eigenvalue weighted by molar-refractivity contribution is 7.13. The van der Waals surface area contributed by atoms with Crippen LogP contribution in [0.25, 0.3) is 11.2 Å². The molecule has 1 fully saturated rings. The molecule has 4 rings (SSSR count). The minimum absolute atomic E-state index is 0.275. The molecule has 160 valence electrons. The molecule has 0 aliphatic carbocycles. The third kappa shape index (κ3) is 3.94. The second-order valence-corrected chi connectivity index (χ2v) is 8.79. The van der Waals surface area contributed by atoms with Crippen LogP contribution in [0, 0.1) is 5.92 Å². The van der Waals surface area contributed by atoms with Gasteiger partial charge in [0.1, 0.15) is 6.54 Å². The summed E-state index contributed by atoms with van der Waals surface area (Å²) >= 11 is 1.34. The van der Waals surface area contributed by atoms with Crippen molar-refractivity contribution in [3.63, 3.8) is 0 Å². The molecular formula is C19H25N7O3S. The maximum atomic E-state index is 12.7. The summed E-state index contributed by atoms with van der Waals surface area (Å²) < 4.78 is 3.73. The van der Waals surface area contributed by atoms with Gasteiger partial charge >= 0.3 is 5.69 Å². The number of amides is 1. The minimum Gasteiger partial charge on any atom is -0.328 e. The molecule has 0 aromatic carbocycles. The van der Waals surface area contributed by atoms with Gasteiger partial charge in [-0.05, 0) is 25.3 Å². The number of hydrogen-bond acceptors (Lipinski definition) is 7. The number of likely N-dealkylation sites (tertiary alicyclic amines) is 1. The van der Waals surface area contributed by atoms with Crippen LogP contribution in [0.4, 0.5) is 5.13 Å². The van der Waals surface area contributed by atoms with Gasteiger partial charge in [-0.25, -0.2) is 19.3 Å². The molecule has 30 heavy (non-hydrogen) atoms. The Balaban J connectivity index is 1.47. The van der Waals surface area contributed by atoms with Gasteiger partial charge in [0.2, 0.25) is 5.91 Å². The lowest BCUT2D eigenvalue weighted by Crippen LogP contribution is -2.42. The molecule has 1 aliphatic rings. The number of fused-ring (bicyclic) bond motifs is 1. The quantitative estimate of drug-likeness (QED) is 0.639. The number of carbonyl (C=O) groups is 1. The molecule has 0 saturated carbocycles. The van der Waals surface area contributed by atoms with Crippen molar-refractivity contribution < 1.29 is 4.79 Å². The molecule has 1 saturated heterocycles. The lowest BCUT2D eigenvalue weighted by Gasteiger charge is -2.30. The summed E-state index contributed by atoms with van der Waals surface area (Å²) in [5, 5.41) is 5.10. The average molecular weight is 432 g/mol. The molecule has 1 aliphatic heterocycles. The van der Waals surface area contributed by atoms with Gasteiger partial charge in [-0.1, -0.05) is 6.92 Å². The van der Waals surface area contributed by atoms with Crippen LogP contribution in [0.15, 0.2) is 21.3 Å². The van der Waals surface area contributed by atoms with Crippen LogP contribution in [0.2, 0.25) is 0 Å². The highest BCUT2D eigenvalue weighted by atomic mass is 32.1. The smallest absolute Gasteiger partial charge is 0.328 e. The molecule has 1 unspecified atom stereocenters. The SMILES string of the molecule is CC1CCCN(Cc2csc(NC(=O)Cn3c(=O)c4c(ncn4C)n(C)c3=O)n2)C1. The van der Waals surface area contributed by atoms with E-state index in [0.29, 0.717) is 16.7 Å². The Kier molecular flexibility index (Phi) is 5.56. The van der Waals surface area contributed by atoms with Gasteiger partial charge in [-0.3, -0.25) is 19.1 Å². The van der Waals surface area contributed by atoms with Gasteiger partial charge in [0.25, 0.3) is 5.56 Å². The number of aromatic nitrogens is 5. The summed E-state index contributed by atoms with van der Waals surface area (Å²) in [5.41, 5.74) is 0.356. The van der Waals surface area contributed by atoms with Crippen LogP contribution < -0.4 is 16.6 Å². The Labute approximate surface area is 176 Å². The lowest BCUT2D eigenvalue weighted by molar-refractivity contribution is -0.116. The molecule has 0 bridgehead atoms. The topological polar surface area (TPSA) is 107 Å². The van der Waals surface area contributed by atoms with Crippen molar-refractivity contribution in [2.24, 2.45) is 20.0 Å². The van der Waals surface area contributed by atoms with E-state index >= 15 is 0 Å². The zero-order valence-corrected chi connectivity index (χ0v) is 18.1. The normalized spacial score (nSPS) is 17.5. The molecule has 3 aromatic rings. The highest BCUT2D eigenvalue weighted by Gasteiger charge is 2.19. The fraction of sp³-hybridized carbons (Fsp3) is 0.526. The van der Waals surface area contributed by atoms with E-state index in [-0.39, 0.29) is 12.1 Å². The van der Waals surface area contributed by atoms with Crippen molar-refractivity contribution in [2.75, 3.05) is 18.4 Å². The van der Waals surface area contributed by atoms with Crippen molar-refractivity contribution in [3.8, 4) is 0 Å². The second-order valence-electron chi connectivity index (χ2n) is 7.94. The summed E-state index contributed by atoms with van der Waals surface area (Å²) in [4.78, 5) is 48.7. The maximum absolute atomic E-state index is 12.7. The minimum atomic E-state index is -0.583. The number of nitrogens with zero attached hydrogens (tertiary/aromatic N) is 6. The fourth-order valence-electron chi connectivity index (χ4n) is 3.93. The molecule has 0 spiro atoms. The van der Waals surface area contributed by atoms with Gasteiger partial charge in [0.15, 0.2) is 16.3 Å². The largest absolute Gasteiger partial charge is 0.332 e. The number of thiazole rings is 1. The first-order valence-electron chi connectivity index (χ1n) is 9.91. The fourth-order valence-corrected chi connectivity index (χ4v) is 4.65. The number of anilines is 1. The van der Waals surface area contributed by atoms with E-state index in [4.69, 9.17) is 0 Å². The van der Waals surface area contributed by atoms with Crippen molar-refractivity contribution in [1.82, 2.24) is 28.6 Å². The number of hydrogen-bond donors (Lipinski definition) is 1. The van der Waals surface area contributed by atoms with E-state index in [1.165, 1.54) is 42.1 Å². The van der Waals surface area contributed by atoms with Crippen LogP contribution in [0.3, 0.4) is 0 Å². The first-order valence-corrected chi connectivity index (χ1v) is 10.8. The van der Waals surface area contributed by atoms with Crippen LogP contribution in [0.5, 0.6) is 0 Å². The molecule has 0 radical (unpaired) electrons. The van der Waals surface area contributed by atoms with Crippen molar-refractivity contribution in [2.45, 2.75) is 32.9 Å². The lowest BCUT2D eigenvalue weighted by atomic mass is 10.0. The number of carbonyl (C=O) groups excluding carboxylic acids is 1. The summed E-state index contributed by atoms with van der Waals surface area (Å²) in [6, 6.07) is 0. The number of nitrogens with one attached hydrogen (secondary N) is 1. The van der Waals surface area contributed by atoms with Crippen molar-refractivity contribution in [1.29, 1.82) is 0 Å². The molecule has 1 amide bonds. The molecule has 10 nitrogen and oxygen atoms in total. The van der Waals surface area contributed by atoms with Gasteiger partial charge in [-0.2, -0.15) is 0 Å². The molecule has 1 atom stereocenters. The average Bonchev–Trinajstić information content (AvgIpc) is 3.30. The molecule has 11 heteroatoms. The van der Waals surface area contributed by atoms with Crippen LogP contribution in [-0.4, -0.2) is 47.6 Å². The molecule has 4 heterocycles. The van der Waals surface area contributed by atoms with Gasteiger partial charge < -0.3 is 9.88 Å². The highest BCUT2D eigenvalue weighted by Crippen LogP contribution is 2.20. The van der Waals surface area contributed by atoms with Crippen LogP contribution in [-0.2, 0) is 32.0 Å². The zero-order valence-electron chi connectivity index (χ0n) is 17.3. The standard InChI is InChI=1S/C19H25N7O3S/c1-12-5-4-6-25(7-12)8-13-10-30-18(21-13)22-14(27)9-26-17(28)15-16(20-11-23(15)2)24(3)19(26)29/h10-12H,4-9H2,1-3H3,(H,21,22,27). The first kappa shape index (κ1) is 20.5. The van der Waals surface area contributed by atoms with Crippen molar-refractivity contribution in [3.05, 3.63) is 38.2 Å². The first-order chi connectivity index (χ1) is 14.3. The Bertz CT molecular complexity index is 1210.